The second kappa shape index (κ2) is 5.49. The molecule has 0 radical (unpaired) electrons. The van der Waals surface area contributed by atoms with E-state index in [4.69, 9.17) is 4.74 Å². The van der Waals surface area contributed by atoms with Gasteiger partial charge in [0, 0.05) is 18.8 Å². The van der Waals surface area contributed by atoms with E-state index in [1.165, 1.54) is 17.0 Å². The Labute approximate surface area is 122 Å². The van der Waals surface area contributed by atoms with Crippen LogP contribution in [0.3, 0.4) is 0 Å². The summed E-state index contributed by atoms with van der Waals surface area (Å²) in [4.78, 5) is 2.36. The van der Waals surface area contributed by atoms with Gasteiger partial charge in [-0.3, -0.25) is 9.58 Å². The van der Waals surface area contributed by atoms with Crippen LogP contribution in [-0.2, 0) is 6.54 Å². The number of aromatic nitrogens is 4. The lowest BCUT2D eigenvalue weighted by molar-refractivity contribution is 0.0890. The molecule has 2 aromatic heterocycles. The van der Waals surface area contributed by atoms with Gasteiger partial charge >= 0.3 is 0 Å². The van der Waals surface area contributed by atoms with Gasteiger partial charge in [-0.1, -0.05) is 11.3 Å². The fraction of sp³-hybridized carbons (Fsp3) is 0.615. The van der Waals surface area contributed by atoms with Crippen LogP contribution in [0.2, 0.25) is 0 Å². The fourth-order valence-electron chi connectivity index (χ4n) is 2.52. The van der Waals surface area contributed by atoms with Gasteiger partial charge < -0.3 is 4.74 Å². The Morgan fingerprint density at radius 3 is 2.80 bits per heavy atom. The number of ether oxygens (including phenoxy) is 1. The van der Waals surface area contributed by atoms with Crippen molar-refractivity contribution in [2.24, 2.45) is 0 Å². The minimum absolute atomic E-state index is 0.489. The van der Waals surface area contributed by atoms with E-state index in [9.17, 15) is 0 Å². The van der Waals surface area contributed by atoms with Crippen molar-refractivity contribution in [3.8, 4) is 5.19 Å². The highest BCUT2D eigenvalue weighted by Crippen LogP contribution is 2.26. The van der Waals surface area contributed by atoms with Crippen LogP contribution in [0.15, 0.2) is 6.07 Å². The standard InChI is InChI=1S/C13H19N5OS/c1-4-19-13-15-14-12(20-13)8-17-6-11(7-17)18-10(3)5-9(2)16-18/h5,11H,4,6-8H2,1-3H3. The fourth-order valence-corrected chi connectivity index (χ4v) is 3.31. The normalized spacial score (nSPS) is 16.4. The number of hydrogen-bond acceptors (Lipinski definition) is 6. The Kier molecular flexibility index (Phi) is 3.71. The van der Waals surface area contributed by atoms with Crippen LogP contribution < -0.4 is 4.74 Å². The number of nitrogens with zero attached hydrogens (tertiary/aromatic N) is 5. The lowest BCUT2D eigenvalue weighted by atomic mass is 10.1. The van der Waals surface area contributed by atoms with Crippen molar-refractivity contribution in [1.82, 2.24) is 24.9 Å². The molecule has 1 aliphatic heterocycles. The largest absolute Gasteiger partial charge is 0.469 e. The van der Waals surface area contributed by atoms with Crippen molar-refractivity contribution in [3.63, 3.8) is 0 Å². The minimum atomic E-state index is 0.489. The van der Waals surface area contributed by atoms with Crippen molar-refractivity contribution in [2.75, 3.05) is 19.7 Å². The van der Waals surface area contributed by atoms with Crippen LogP contribution in [0, 0.1) is 13.8 Å². The van der Waals surface area contributed by atoms with Gasteiger partial charge in [-0.05, 0) is 26.8 Å². The molecule has 0 N–H and O–H groups in total. The number of hydrogen-bond donors (Lipinski definition) is 0. The van der Waals surface area contributed by atoms with Crippen LogP contribution in [-0.4, -0.2) is 44.6 Å². The van der Waals surface area contributed by atoms with E-state index < -0.39 is 0 Å². The second-order valence-corrected chi connectivity index (χ2v) is 6.14. The van der Waals surface area contributed by atoms with Crippen molar-refractivity contribution >= 4 is 11.3 Å². The number of rotatable bonds is 5. The predicted molar refractivity (Wildman–Crippen MR) is 77.1 cm³/mol. The van der Waals surface area contributed by atoms with E-state index in [0.29, 0.717) is 17.8 Å². The predicted octanol–water partition coefficient (Wildman–Crippen LogP) is 1.81. The Hall–Kier alpha value is -1.47. The van der Waals surface area contributed by atoms with Crippen molar-refractivity contribution in [1.29, 1.82) is 0 Å². The molecular formula is C13H19N5OS. The molecule has 0 unspecified atom stereocenters. The smallest absolute Gasteiger partial charge is 0.294 e. The topological polar surface area (TPSA) is 56.1 Å². The van der Waals surface area contributed by atoms with E-state index in [1.54, 1.807) is 0 Å². The first-order valence-electron chi connectivity index (χ1n) is 6.86. The zero-order valence-corrected chi connectivity index (χ0v) is 12.9. The van der Waals surface area contributed by atoms with Gasteiger partial charge in [0.1, 0.15) is 5.01 Å². The maximum atomic E-state index is 5.34. The highest BCUT2D eigenvalue weighted by molar-refractivity contribution is 7.13. The SMILES string of the molecule is CCOc1nnc(CN2CC(n3nc(C)cc3C)C2)s1. The van der Waals surface area contributed by atoms with Gasteiger partial charge in [0.25, 0.3) is 5.19 Å². The van der Waals surface area contributed by atoms with E-state index in [-0.39, 0.29) is 0 Å². The molecule has 0 spiro atoms. The lowest BCUT2D eigenvalue weighted by Crippen LogP contribution is -2.47. The average Bonchev–Trinajstić information content (AvgIpc) is 2.91. The third-order valence-electron chi connectivity index (χ3n) is 3.40. The van der Waals surface area contributed by atoms with E-state index in [1.807, 2.05) is 13.8 Å². The first-order chi connectivity index (χ1) is 9.65. The molecule has 1 aliphatic rings. The third kappa shape index (κ3) is 2.69. The molecule has 1 fully saturated rings. The number of likely N-dealkylation sites (tertiary alicyclic amines) is 1. The lowest BCUT2D eigenvalue weighted by Gasteiger charge is -2.39. The Morgan fingerprint density at radius 1 is 1.35 bits per heavy atom. The maximum Gasteiger partial charge on any atom is 0.294 e. The first kappa shape index (κ1) is 13.5. The Balaban J connectivity index is 1.54. The molecule has 1 saturated heterocycles. The molecule has 0 aromatic carbocycles. The molecule has 7 heteroatoms. The quantitative estimate of drug-likeness (QED) is 0.841. The summed E-state index contributed by atoms with van der Waals surface area (Å²) in [6.45, 7) is 9.63. The molecule has 6 nitrogen and oxygen atoms in total. The maximum absolute atomic E-state index is 5.34. The van der Waals surface area contributed by atoms with Crippen molar-refractivity contribution in [2.45, 2.75) is 33.4 Å². The van der Waals surface area contributed by atoms with Crippen LogP contribution in [0.1, 0.15) is 29.4 Å². The average molecular weight is 293 g/mol. The molecule has 0 amide bonds. The summed E-state index contributed by atoms with van der Waals surface area (Å²) in [5.74, 6) is 0. The monoisotopic (exact) mass is 293 g/mol. The Morgan fingerprint density at radius 2 is 2.15 bits per heavy atom. The molecule has 3 rings (SSSR count). The molecule has 0 atom stereocenters. The molecular weight excluding hydrogens is 274 g/mol. The van der Waals surface area contributed by atoms with Crippen molar-refractivity contribution in [3.05, 3.63) is 22.5 Å². The summed E-state index contributed by atoms with van der Waals surface area (Å²) in [7, 11) is 0. The van der Waals surface area contributed by atoms with Gasteiger partial charge in [0.05, 0.1) is 24.9 Å². The molecule has 0 saturated carbocycles. The zero-order valence-electron chi connectivity index (χ0n) is 12.0. The van der Waals surface area contributed by atoms with Gasteiger partial charge in [-0.15, -0.1) is 10.2 Å². The first-order valence-corrected chi connectivity index (χ1v) is 7.67. The van der Waals surface area contributed by atoms with E-state index in [2.05, 4.69) is 37.9 Å². The summed E-state index contributed by atoms with van der Waals surface area (Å²) in [6, 6.07) is 2.62. The van der Waals surface area contributed by atoms with Crippen LogP contribution in [0.5, 0.6) is 5.19 Å². The van der Waals surface area contributed by atoms with Gasteiger partial charge in [-0.25, -0.2) is 0 Å². The Bertz CT molecular complexity index is 587. The molecule has 108 valence electrons. The summed E-state index contributed by atoms with van der Waals surface area (Å²) in [6.07, 6.45) is 0. The number of aryl methyl sites for hydroxylation is 2. The third-order valence-corrected chi connectivity index (χ3v) is 4.22. The van der Waals surface area contributed by atoms with Crippen LogP contribution >= 0.6 is 11.3 Å². The van der Waals surface area contributed by atoms with Crippen molar-refractivity contribution < 1.29 is 4.74 Å². The minimum Gasteiger partial charge on any atom is -0.469 e. The van der Waals surface area contributed by atoms with E-state index in [0.717, 1.165) is 30.3 Å². The zero-order chi connectivity index (χ0) is 14.1. The summed E-state index contributed by atoms with van der Waals surface area (Å²) < 4.78 is 7.48. The van der Waals surface area contributed by atoms with Gasteiger partial charge in [-0.2, -0.15) is 5.10 Å². The van der Waals surface area contributed by atoms with Crippen LogP contribution in [0.4, 0.5) is 0 Å². The molecule has 3 heterocycles. The summed E-state index contributed by atoms with van der Waals surface area (Å²) in [5, 5.41) is 14.4. The highest BCUT2D eigenvalue weighted by atomic mass is 32.1. The highest BCUT2D eigenvalue weighted by Gasteiger charge is 2.30. The van der Waals surface area contributed by atoms with Crippen LogP contribution in [0.25, 0.3) is 0 Å². The molecule has 2 aromatic rings. The van der Waals surface area contributed by atoms with Gasteiger partial charge in [0.2, 0.25) is 0 Å². The summed E-state index contributed by atoms with van der Waals surface area (Å²) in [5.41, 5.74) is 2.33. The summed E-state index contributed by atoms with van der Waals surface area (Å²) >= 11 is 1.53. The van der Waals surface area contributed by atoms with E-state index >= 15 is 0 Å². The molecule has 0 bridgehead atoms. The second-order valence-electron chi connectivity index (χ2n) is 5.11. The van der Waals surface area contributed by atoms with Gasteiger partial charge in [0.15, 0.2) is 0 Å². The molecule has 0 aliphatic carbocycles. The molecule has 20 heavy (non-hydrogen) atoms.